The molecule has 0 amide bonds. The van der Waals surface area contributed by atoms with Crippen LogP contribution in [0.25, 0.3) is 0 Å². The van der Waals surface area contributed by atoms with Crippen LogP contribution in [0.2, 0.25) is 0 Å². The van der Waals surface area contributed by atoms with Crippen molar-refractivity contribution in [2.75, 3.05) is 4.72 Å². The molecule has 0 aliphatic rings. The Morgan fingerprint density at radius 3 is 2.58 bits per heavy atom. The minimum Gasteiger partial charge on any atom is -0.279 e. The number of hydrogen-bond donors (Lipinski definition) is 1. The van der Waals surface area contributed by atoms with Gasteiger partial charge in [0, 0.05) is 7.05 Å². The molecule has 102 valence electrons. The Morgan fingerprint density at radius 2 is 2.00 bits per heavy atom. The third kappa shape index (κ3) is 2.63. The second-order valence-electron chi connectivity index (χ2n) is 4.33. The fraction of sp³-hybridized carbons (Fsp3) is 0.308. The summed E-state index contributed by atoms with van der Waals surface area (Å²) in [5.74, 6) is 0. The number of para-hydroxylation sites is 1. The monoisotopic (exact) mass is 279 g/mol. The van der Waals surface area contributed by atoms with Gasteiger partial charge in [0.05, 0.1) is 17.6 Å². The molecule has 1 heterocycles. The zero-order valence-corrected chi connectivity index (χ0v) is 12.0. The molecule has 0 aliphatic heterocycles. The molecule has 0 aliphatic carbocycles. The van der Waals surface area contributed by atoms with Gasteiger partial charge in [0.15, 0.2) is 0 Å². The first-order valence-electron chi connectivity index (χ1n) is 6.05. The molecule has 0 radical (unpaired) electrons. The minimum atomic E-state index is -3.59. The van der Waals surface area contributed by atoms with E-state index in [1.807, 2.05) is 25.1 Å². The maximum Gasteiger partial charge on any atom is 0.265 e. The fourth-order valence-corrected chi connectivity index (χ4v) is 3.18. The lowest BCUT2D eigenvalue weighted by atomic mass is 10.1. The molecule has 6 heteroatoms. The number of aromatic nitrogens is 2. The quantitative estimate of drug-likeness (QED) is 0.932. The molecule has 0 bridgehead atoms. The molecule has 1 N–H and O–H groups in total. The molecule has 0 saturated carbocycles. The van der Waals surface area contributed by atoms with Crippen molar-refractivity contribution in [2.45, 2.75) is 25.2 Å². The third-order valence-electron chi connectivity index (χ3n) is 3.12. The smallest absolute Gasteiger partial charge is 0.265 e. The molecule has 2 rings (SSSR count). The van der Waals surface area contributed by atoms with Gasteiger partial charge in [-0.25, -0.2) is 8.42 Å². The maximum absolute atomic E-state index is 12.3. The van der Waals surface area contributed by atoms with E-state index in [4.69, 9.17) is 0 Å². The Hall–Kier alpha value is -1.82. The molecular weight excluding hydrogens is 262 g/mol. The van der Waals surface area contributed by atoms with Gasteiger partial charge in [-0.3, -0.25) is 9.40 Å². The summed E-state index contributed by atoms with van der Waals surface area (Å²) >= 11 is 0. The Morgan fingerprint density at radius 1 is 1.32 bits per heavy atom. The van der Waals surface area contributed by atoms with Crippen LogP contribution < -0.4 is 4.72 Å². The van der Waals surface area contributed by atoms with Gasteiger partial charge in [-0.2, -0.15) is 5.10 Å². The highest BCUT2D eigenvalue weighted by Gasteiger charge is 2.20. The molecule has 5 nitrogen and oxygen atoms in total. The van der Waals surface area contributed by atoms with E-state index in [0.717, 1.165) is 12.0 Å². The zero-order chi connectivity index (χ0) is 14.0. The zero-order valence-electron chi connectivity index (χ0n) is 11.2. The number of benzene rings is 1. The Labute approximate surface area is 113 Å². The first-order valence-corrected chi connectivity index (χ1v) is 7.53. The summed E-state index contributed by atoms with van der Waals surface area (Å²) in [6.45, 7) is 3.72. The van der Waals surface area contributed by atoms with E-state index in [1.54, 1.807) is 24.7 Å². The predicted octanol–water partition coefficient (Wildman–Crippen LogP) is 2.09. The number of sulfonamides is 1. The van der Waals surface area contributed by atoms with Crippen LogP contribution in [0, 0.1) is 6.92 Å². The largest absolute Gasteiger partial charge is 0.279 e. The topological polar surface area (TPSA) is 64.0 Å². The van der Waals surface area contributed by atoms with E-state index in [0.29, 0.717) is 11.4 Å². The highest BCUT2D eigenvalue weighted by Crippen LogP contribution is 2.21. The summed E-state index contributed by atoms with van der Waals surface area (Å²) in [4.78, 5) is 0.209. The molecule has 19 heavy (non-hydrogen) atoms. The average Bonchev–Trinajstić information content (AvgIpc) is 2.71. The Bertz CT molecular complexity index is 690. The molecule has 1 aromatic heterocycles. The van der Waals surface area contributed by atoms with Crippen LogP contribution in [0.1, 0.15) is 18.2 Å². The van der Waals surface area contributed by atoms with Gasteiger partial charge in [0.2, 0.25) is 0 Å². The second kappa shape index (κ2) is 5.05. The number of nitrogens with zero attached hydrogens (tertiary/aromatic N) is 2. The van der Waals surface area contributed by atoms with Crippen LogP contribution in [0.15, 0.2) is 35.4 Å². The van der Waals surface area contributed by atoms with Gasteiger partial charge in [0.25, 0.3) is 10.0 Å². The summed E-state index contributed by atoms with van der Waals surface area (Å²) in [7, 11) is -1.87. The maximum atomic E-state index is 12.3. The van der Waals surface area contributed by atoms with Crippen molar-refractivity contribution < 1.29 is 8.42 Å². The summed E-state index contributed by atoms with van der Waals surface area (Å²) in [6, 6.07) is 7.38. The van der Waals surface area contributed by atoms with E-state index in [1.165, 1.54) is 6.20 Å². The van der Waals surface area contributed by atoms with Gasteiger partial charge in [-0.05, 0) is 25.0 Å². The summed E-state index contributed by atoms with van der Waals surface area (Å²) < 4.78 is 28.8. The lowest BCUT2D eigenvalue weighted by Gasteiger charge is -2.11. The number of aryl methyl sites for hydroxylation is 2. The standard InChI is InChI=1S/C13H17N3O2S/c1-4-11-7-5-6-8-12(11)15-19(17,18)13-9-14-16(3)10(13)2/h5-9,15H,4H2,1-3H3. The van der Waals surface area contributed by atoms with E-state index in [2.05, 4.69) is 9.82 Å². The molecule has 0 spiro atoms. The summed E-state index contributed by atoms with van der Waals surface area (Å²) in [6.07, 6.45) is 2.14. The van der Waals surface area contributed by atoms with Crippen molar-refractivity contribution in [3.63, 3.8) is 0 Å². The van der Waals surface area contributed by atoms with E-state index >= 15 is 0 Å². The Balaban J connectivity index is 2.39. The third-order valence-corrected chi connectivity index (χ3v) is 4.59. The number of rotatable bonds is 4. The van der Waals surface area contributed by atoms with Crippen molar-refractivity contribution in [1.82, 2.24) is 9.78 Å². The van der Waals surface area contributed by atoms with Crippen molar-refractivity contribution in [3.8, 4) is 0 Å². The lowest BCUT2D eigenvalue weighted by Crippen LogP contribution is -2.15. The van der Waals surface area contributed by atoms with Crippen LogP contribution >= 0.6 is 0 Å². The number of nitrogens with one attached hydrogen (secondary N) is 1. The molecule has 1 aromatic carbocycles. The lowest BCUT2D eigenvalue weighted by molar-refractivity contribution is 0.600. The van der Waals surface area contributed by atoms with Crippen LogP contribution in [0.5, 0.6) is 0 Å². The average molecular weight is 279 g/mol. The van der Waals surface area contributed by atoms with Crippen molar-refractivity contribution >= 4 is 15.7 Å². The first-order chi connectivity index (χ1) is 8.95. The van der Waals surface area contributed by atoms with Crippen LogP contribution in [0.4, 0.5) is 5.69 Å². The van der Waals surface area contributed by atoms with E-state index in [-0.39, 0.29) is 4.90 Å². The minimum absolute atomic E-state index is 0.209. The predicted molar refractivity (Wildman–Crippen MR) is 74.6 cm³/mol. The van der Waals surface area contributed by atoms with E-state index in [9.17, 15) is 8.42 Å². The van der Waals surface area contributed by atoms with E-state index < -0.39 is 10.0 Å². The second-order valence-corrected chi connectivity index (χ2v) is 5.98. The first kappa shape index (κ1) is 13.6. The molecule has 2 aromatic rings. The van der Waals surface area contributed by atoms with Gasteiger partial charge >= 0.3 is 0 Å². The van der Waals surface area contributed by atoms with Crippen molar-refractivity contribution in [3.05, 3.63) is 41.7 Å². The fourth-order valence-electron chi connectivity index (χ4n) is 1.87. The SMILES string of the molecule is CCc1ccccc1NS(=O)(=O)c1cnn(C)c1C. The van der Waals surface area contributed by atoms with Crippen LogP contribution in [-0.4, -0.2) is 18.2 Å². The number of anilines is 1. The van der Waals surface area contributed by atoms with Gasteiger partial charge in [0.1, 0.15) is 4.90 Å². The summed E-state index contributed by atoms with van der Waals surface area (Å²) in [5, 5.41) is 3.96. The van der Waals surface area contributed by atoms with Crippen LogP contribution in [-0.2, 0) is 23.5 Å². The van der Waals surface area contributed by atoms with Crippen molar-refractivity contribution in [2.24, 2.45) is 7.05 Å². The molecular formula is C13H17N3O2S. The highest BCUT2D eigenvalue weighted by atomic mass is 32.2. The molecule has 0 fully saturated rings. The van der Waals surface area contributed by atoms with Gasteiger partial charge in [-0.1, -0.05) is 25.1 Å². The van der Waals surface area contributed by atoms with Crippen molar-refractivity contribution in [1.29, 1.82) is 0 Å². The Kier molecular flexibility index (Phi) is 3.61. The van der Waals surface area contributed by atoms with Gasteiger partial charge in [-0.15, -0.1) is 0 Å². The summed E-state index contributed by atoms with van der Waals surface area (Å²) in [5.41, 5.74) is 2.20. The normalized spacial score (nSPS) is 11.5. The van der Waals surface area contributed by atoms with Crippen LogP contribution in [0.3, 0.4) is 0 Å². The van der Waals surface area contributed by atoms with Gasteiger partial charge < -0.3 is 0 Å². The highest BCUT2D eigenvalue weighted by molar-refractivity contribution is 7.92. The molecule has 0 saturated heterocycles. The molecule has 0 atom stereocenters. The molecule has 0 unspecified atom stereocenters. The number of hydrogen-bond acceptors (Lipinski definition) is 3.